The maximum Gasteiger partial charge on any atom is 0.269 e. The molecule has 1 fully saturated rings. The van der Waals surface area contributed by atoms with Gasteiger partial charge in [0, 0.05) is 31.8 Å². The van der Waals surface area contributed by atoms with E-state index in [2.05, 4.69) is 5.32 Å². The van der Waals surface area contributed by atoms with E-state index in [1.165, 1.54) is 12.1 Å². The number of ether oxygens (including phenoxy) is 1. The first-order valence-corrected chi connectivity index (χ1v) is 6.76. The molecule has 0 aromatic heterocycles. The molecule has 7 heteroatoms. The van der Waals surface area contributed by atoms with E-state index < -0.39 is 4.92 Å². The van der Waals surface area contributed by atoms with Gasteiger partial charge in [-0.2, -0.15) is 0 Å². The van der Waals surface area contributed by atoms with Crippen molar-refractivity contribution in [3.63, 3.8) is 0 Å². The minimum Gasteiger partial charge on any atom is -0.379 e. The Kier molecular flexibility index (Phi) is 4.87. The van der Waals surface area contributed by atoms with Crippen LogP contribution in [0.15, 0.2) is 24.3 Å². The molecule has 1 heterocycles. The molecule has 21 heavy (non-hydrogen) atoms. The van der Waals surface area contributed by atoms with Crippen LogP contribution in [0.4, 0.5) is 5.69 Å². The summed E-state index contributed by atoms with van der Waals surface area (Å²) in [7, 11) is 3.51. The Labute approximate surface area is 123 Å². The molecule has 1 saturated heterocycles. The molecule has 114 valence electrons. The van der Waals surface area contributed by atoms with Crippen molar-refractivity contribution in [2.45, 2.75) is 12.6 Å². The summed E-state index contributed by atoms with van der Waals surface area (Å²) in [5, 5.41) is 13.8. The minimum absolute atomic E-state index is 0.0154. The number of hydrogen-bond acceptors (Lipinski definition) is 5. The molecule has 2 atom stereocenters. The zero-order chi connectivity index (χ0) is 15.4. The van der Waals surface area contributed by atoms with Crippen LogP contribution in [-0.2, 0) is 16.1 Å². The lowest BCUT2D eigenvalue weighted by atomic mass is 10.0. The van der Waals surface area contributed by atoms with Crippen molar-refractivity contribution >= 4 is 11.6 Å². The number of non-ortho nitro benzene ring substituents is 1. The van der Waals surface area contributed by atoms with Gasteiger partial charge >= 0.3 is 0 Å². The Hall–Kier alpha value is -1.99. The second kappa shape index (κ2) is 6.64. The molecule has 0 radical (unpaired) electrons. The summed E-state index contributed by atoms with van der Waals surface area (Å²) in [6, 6.07) is 6.35. The lowest BCUT2D eigenvalue weighted by Gasteiger charge is -2.23. The van der Waals surface area contributed by atoms with Crippen LogP contribution in [-0.4, -0.2) is 49.1 Å². The molecule has 1 amide bonds. The number of nitro groups is 1. The van der Waals surface area contributed by atoms with E-state index in [0.717, 1.165) is 5.56 Å². The molecule has 0 aliphatic carbocycles. The number of nitrogens with one attached hydrogen (secondary N) is 1. The Morgan fingerprint density at radius 1 is 1.52 bits per heavy atom. The van der Waals surface area contributed by atoms with Gasteiger partial charge in [0.05, 0.1) is 24.1 Å². The summed E-state index contributed by atoms with van der Waals surface area (Å²) in [4.78, 5) is 24.3. The number of amides is 1. The second-order valence-electron chi connectivity index (χ2n) is 5.16. The third-order valence-electron chi connectivity index (χ3n) is 3.69. The minimum atomic E-state index is -0.437. The summed E-state index contributed by atoms with van der Waals surface area (Å²) in [6.07, 6.45) is 0. The summed E-state index contributed by atoms with van der Waals surface area (Å²) < 4.78 is 5.33. The Bertz CT molecular complexity index is 535. The highest BCUT2D eigenvalue weighted by atomic mass is 16.6. The largest absolute Gasteiger partial charge is 0.379 e. The zero-order valence-corrected chi connectivity index (χ0v) is 12.1. The average molecular weight is 293 g/mol. The number of hydrogen-bond donors (Lipinski definition) is 1. The van der Waals surface area contributed by atoms with Gasteiger partial charge < -0.3 is 15.0 Å². The molecule has 7 nitrogen and oxygen atoms in total. The third-order valence-corrected chi connectivity index (χ3v) is 3.69. The Morgan fingerprint density at radius 3 is 2.95 bits per heavy atom. The quantitative estimate of drug-likeness (QED) is 0.641. The fourth-order valence-electron chi connectivity index (χ4n) is 2.49. The number of likely N-dealkylation sites (N-methyl/N-ethyl adjacent to an activating group) is 1. The van der Waals surface area contributed by atoms with E-state index >= 15 is 0 Å². The highest BCUT2D eigenvalue weighted by molar-refractivity contribution is 5.79. The highest BCUT2D eigenvalue weighted by Crippen LogP contribution is 2.19. The first kappa shape index (κ1) is 15.4. The Morgan fingerprint density at radius 2 is 2.29 bits per heavy atom. The van der Waals surface area contributed by atoms with E-state index in [1.807, 2.05) is 0 Å². The van der Waals surface area contributed by atoms with E-state index in [4.69, 9.17) is 4.74 Å². The smallest absolute Gasteiger partial charge is 0.269 e. The first-order chi connectivity index (χ1) is 10.0. The van der Waals surface area contributed by atoms with Crippen molar-refractivity contribution in [2.75, 3.05) is 27.3 Å². The molecule has 1 aromatic rings. The van der Waals surface area contributed by atoms with Crippen LogP contribution in [0.2, 0.25) is 0 Å². The van der Waals surface area contributed by atoms with Gasteiger partial charge in [0.1, 0.15) is 0 Å². The van der Waals surface area contributed by atoms with Gasteiger partial charge in [-0.3, -0.25) is 14.9 Å². The van der Waals surface area contributed by atoms with Crippen LogP contribution >= 0.6 is 0 Å². The normalized spacial score (nSPS) is 21.2. The van der Waals surface area contributed by atoms with Crippen LogP contribution in [0.3, 0.4) is 0 Å². The maximum absolute atomic E-state index is 12.4. The second-order valence-corrected chi connectivity index (χ2v) is 5.16. The predicted molar refractivity (Wildman–Crippen MR) is 76.7 cm³/mol. The molecule has 1 aromatic carbocycles. The molecule has 1 N–H and O–H groups in total. The number of rotatable bonds is 5. The lowest BCUT2D eigenvalue weighted by molar-refractivity contribution is -0.384. The van der Waals surface area contributed by atoms with Gasteiger partial charge in [-0.05, 0) is 12.6 Å². The molecule has 0 bridgehead atoms. The molecule has 0 spiro atoms. The molecule has 1 aliphatic rings. The fourth-order valence-corrected chi connectivity index (χ4v) is 2.49. The SMILES string of the molecule is CNC1COCC1C(=O)N(C)Cc1cccc([N+](=O)[O-])c1. The number of benzene rings is 1. The van der Waals surface area contributed by atoms with Crippen LogP contribution in [0, 0.1) is 16.0 Å². The van der Waals surface area contributed by atoms with Crippen molar-refractivity contribution in [1.29, 1.82) is 0 Å². The van der Waals surface area contributed by atoms with Crippen molar-refractivity contribution in [2.24, 2.45) is 5.92 Å². The topological polar surface area (TPSA) is 84.7 Å². The standard InChI is InChI=1S/C14H19N3O4/c1-15-13-9-21-8-12(13)14(18)16(2)7-10-4-3-5-11(6-10)17(19)20/h3-6,12-13,15H,7-9H2,1-2H3. The predicted octanol–water partition coefficient (Wildman–Crippen LogP) is 0.788. The Balaban J connectivity index is 2.03. The third kappa shape index (κ3) is 3.56. The number of carbonyl (C=O) groups excluding carboxylic acids is 1. The molecule has 2 rings (SSSR count). The molecule has 1 aliphatic heterocycles. The molecule has 2 unspecified atom stereocenters. The van der Waals surface area contributed by atoms with Gasteiger partial charge in [0.15, 0.2) is 0 Å². The number of nitro benzene ring substituents is 1. The monoisotopic (exact) mass is 293 g/mol. The number of nitrogens with zero attached hydrogens (tertiary/aromatic N) is 2. The molecular formula is C14H19N3O4. The lowest BCUT2D eigenvalue weighted by Crippen LogP contribution is -2.43. The summed E-state index contributed by atoms with van der Waals surface area (Å²) in [6.45, 7) is 1.27. The zero-order valence-electron chi connectivity index (χ0n) is 12.1. The number of carbonyl (C=O) groups is 1. The molecule has 0 saturated carbocycles. The fraction of sp³-hybridized carbons (Fsp3) is 0.500. The van der Waals surface area contributed by atoms with E-state index in [0.29, 0.717) is 19.8 Å². The van der Waals surface area contributed by atoms with Crippen molar-refractivity contribution in [1.82, 2.24) is 10.2 Å². The van der Waals surface area contributed by atoms with Gasteiger partial charge in [-0.25, -0.2) is 0 Å². The maximum atomic E-state index is 12.4. The molecular weight excluding hydrogens is 274 g/mol. The average Bonchev–Trinajstić information content (AvgIpc) is 2.95. The van der Waals surface area contributed by atoms with Crippen LogP contribution in [0.5, 0.6) is 0 Å². The van der Waals surface area contributed by atoms with Crippen LogP contribution in [0.1, 0.15) is 5.56 Å². The van der Waals surface area contributed by atoms with Crippen molar-refractivity contribution < 1.29 is 14.5 Å². The first-order valence-electron chi connectivity index (χ1n) is 6.76. The summed E-state index contributed by atoms with van der Waals surface area (Å²) >= 11 is 0. The van der Waals surface area contributed by atoms with Crippen molar-refractivity contribution in [3.05, 3.63) is 39.9 Å². The highest BCUT2D eigenvalue weighted by Gasteiger charge is 2.34. The van der Waals surface area contributed by atoms with Gasteiger partial charge in [0.2, 0.25) is 5.91 Å². The van der Waals surface area contributed by atoms with Crippen molar-refractivity contribution in [3.8, 4) is 0 Å². The summed E-state index contributed by atoms with van der Waals surface area (Å²) in [5.74, 6) is -0.225. The van der Waals surface area contributed by atoms with Crippen LogP contribution < -0.4 is 5.32 Å². The van der Waals surface area contributed by atoms with E-state index in [-0.39, 0.29) is 23.6 Å². The van der Waals surface area contributed by atoms with E-state index in [1.54, 1.807) is 31.1 Å². The summed E-state index contributed by atoms with van der Waals surface area (Å²) in [5.41, 5.74) is 0.769. The van der Waals surface area contributed by atoms with E-state index in [9.17, 15) is 14.9 Å². The van der Waals surface area contributed by atoms with Crippen LogP contribution in [0.25, 0.3) is 0 Å². The van der Waals surface area contributed by atoms with Gasteiger partial charge in [-0.15, -0.1) is 0 Å². The van der Waals surface area contributed by atoms with Gasteiger partial charge in [0.25, 0.3) is 5.69 Å². The van der Waals surface area contributed by atoms with Gasteiger partial charge in [-0.1, -0.05) is 12.1 Å².